The van der Waals surface area contributed by atoms with Crippen molar-refractivity contribution in [3.8, 4) is 0 Å². The number of hydrogen-bond acceptors (Lipinski definition) is 6. The molecule has 19 heavy (non-hydrogen) atoms. The second-order valence-electron chi connectivity index (χ2n) is 4.48. The standard InChI is InChI=1S/C13H21N3O2S/c1-5-18-12(17)13(3,14-4)8-10(2)19-11-9-15-6-7-16-11/h6-7,9-10,14H,5,8H2,1-4H3. The number of ether oxygens (including phenoxy) is 1. The lowest BCUT2D eigenvalue weighted by Gasteiger charge is -2.29. The molecular weight excluding hydrogens is 262 g/mol. The first-order valence-electron chi connectivity index (χ1n) is 6.30. The summed E-state index contributed by atoms with van der Waals surface area (Å²) in [5, 5.41) is 4.14. The third kappa shape index (κ3) is 4.80. The summed E-state index contributed by atoms with van der Waals surface area (Å²) in [4.78, 5) is 20.2. The van der Waals surface area contributed by atoms with Crippen LogP contribution < -0.4 is 5.32 Å². The van der Waals surface area contributed by atoms with Crippen molar-refractivity contribution in [3.63, 3.8) is 0 Å². The monoisotopic (exact) mass is 283 g/mol. The van der Waals surface area contributed by atoms with Gasteiger partial charge in [0.25, 0.3) is 0 Å². The van der Waals surface area contributed by atoms with E-state index in [1.165, 1.54) is 0 Å². The summed E-state index contributed by atoms with van der Waals surface area (Å²) in [5.41, 5.74) is -0.676. The third-order valence-corrected chi connectivity index (χ3v) is 3.86. The number of rotatable bonds is 7. The molecule has 1 rings (SSSR count). The van der Waals surface area contributed by atoms with E-state index >= 15 is 0 Å². The zero-order valence-corrected chi connectivity index (χ0v) is 12.7. The van der Waals surface area contributed by atoms with Crippen molar-refractivity contribution in [1.82, 2.24) is 15.3 Å². The Hall–Kier alpha value is -1.14. The second kappa shape index (κ2) is 7.45. The van der Waals surface area contributed by atoms with Gasteiger partial charge in [-0.1, -0.05) is 6.92 Å². The summed E-state index contributed by atoms with van der Waals surface area (Å²) in [7, 11) is 1.77. The molecular formula is C13H21N3O2S. The van der Waals surface area contributed by atoms with E-state index in [9.17, 15) is 4.79 Å². The average molecular weight is 283 g/mol. The first kappa shape index (κ1) is 15.9. The number of hydrogen-bond donors (Lipinski definition) is 1. The summed E-state index contributed by atoms with van der Waals surface area (Å²) in [6.07, 6.45) is 5.69. The van der Waals surface area contributed by atoms with Crippen LogP contribution in [0.25, 0.3) is 0 Å². The van der Waals surface area contributed by atoms with Crippen LogP contribution in [0.15, 0.2) is 23.6 Å². The van der Waals surface area contributed by atoms with Crippen molar-refractivity contribution in [2.45, 2.75) is 43.0 Å². The molecule has 0 bridgehead atoms. The quantitative estimate of drug-likeness (QED) is 0.609. The highest BCUT2D eigenvalue weighted by Gasteiger charge is 2.34. The molecule has 0 amide bonds. The van der Waals surface area contributed by atoms with E-state index in [1.54, 1.807) is 37.4 Å². The predicted octanol–water partition coefficient (Wildman–Crippen LogP) is 1.89. The fourth-order valence-corrected chi connectivity index (χ4v) is 2.82. The van der Waals surface area contributed by atoms with Crippen molar-refractivity contribution in [1.29, 1.82) is 0 Å². The number of thioether (sulfide) groups is 1. The molecule has 0 aliphatic heterocycles. The van der Waals surface area contributed by atoms with Gasteiger partial charge in [0.1, 0.15) is 10.6 Å². The van der Waals surface area contributed by atoms with Gasteiger partial charge in [0, 0.05) is 17.6 Å². The van der Waals surface area contributed by atoms with Gasteiger partial charge in [0.05, 0.1) is 12.8 Å². The van der Waals surface area contributed by atoms with Crippen LogP contribution in [0, 0.1) is 0 Å². The van der Waals surface area contributed by atoms with Gasteiger partial charge in [-0.2, -0.15) is 0 Å². The molecule has 0 radical (unpaired) electrons. The molecule has 2 atom stereocenters. The van der Waals surface area contributed by atoms with Gasteiger partial charge in [-0.25, -0.2) is 4.98 Å². The summed E-state index contributed by atoms with van der Waals surface area (Å²) >= 11 is 1.60. The summed E-state index contributed by atoms with van der Waals surface area (Å²) in [6, 6.07) is 0. The molecule has 5 nitrogen and oxygen atoms in total. The van der Waals surface area contributed by atoms with Crippen LogP contribution >= 0.6 is 11.8 Å². The van der Waals surface area contributed by atoms with Crippen LogP contribution in [0.4, 0.5) is 0 Å². The van der Waals surface area contributed by atoms with Gasteiger partial charge >= 0.3 is 5.97 Å². The molecule has 0 aliphatic carbocycles. The van der Waals surface area contributed by atoms with E-state index in [2.05, 4.69) is 22.2 Å². The Balaban J connectivity index is 2.62. The van der Waals surface area contributed by atoms with Crippen LogP contribution in [0.2, 0.25) is 0 Å². The summed E-state index contributed by atoms with van der Waals surface area (Å²) < 4.78 is 5.11. The lowest BCUT2D eigenvalue weighted by molar-refractivity contribution is -0.150. The van der Waals surface area contributed by atoms with E-state index in [1.807, 2.05) is 13.8 Å². The summed E-state index contributed by atoms with van der Waals surface area (Å²) in [5.74, 6) is -0.218. The summed E-state index contributed by atoms with van der Waals surface area (Å²) in [6.45, 7) is 6.13. The van der Waals surface area contributed by atoms with Crippen molar-refractivity contribution >= 4 is 17.7 Å². The molecule has 0 saturated carbocycles. The van der Waals surface area contributed by atoms with Crippen molar-refractivity contribution < 1.29 is 9.53 Å². The highest BCUT2D eigenvalue weighted by Crippen LogP contribution is 2.27. The highest BCUT2D eigenvalue weighted by atomic mass is 32.2. The highest BCUT2D eigenvalue weighted by molar-refractivity contribution is 7.99. The maximum Gasteiger partial charge on any atom is 0.326 e. The van der Waals surface area contributed by atoms with Crippen LogP contribution in [0.5, 0.6) is 0 Å². The minimum absolute atomic E-state index is 0.218. The van der Waals surface area contributed by atoms with Crippen LogP contribution in [0.1, 0.15) is 27.2 Å². The minimum Gasteiger partial charge on any atom is -0.465 e. The molecule has 1 N–H and O–H groups in total. The molecule has 106 valence electrons. The zero-order valence-electron chi connectivity index (χ0n) is 11.8. The van der Waals surface area contributed by atoms with Crippen LogP contribution in [-0.2, 0) is 9.53 Å². The third-order valence-electron chi connectivity index (χ3n) is 2.83. The minimum atomic E-state index is -0.676. The van der Waals surface area contributed by atoms with E-state index in [-0.39, 0.29) is 11.2 Å². The number of aromatic nitrogens is 2. The van der Waals surface area contributed by atoms with Gasteiger partial charge in [-0.3, -0.25) is 9.78 Å². The Bertz CT molecular complexity index is 402. The van der Waals surface area contributed by atoms with Crippen LogP contribution in [-0.4, -0.2) is 40.4 Å². The SMILES string of the molecule is CCOC(=O)C(C)(CC(C)Sc1cnccn1)NC. The van der Waals surface area contributed by atoms with Crippen molar-refractivity contribution in [3.05, 3.63) is 18.6 Å². The van der Waals surface area contributed by atoms with Gasteiger partial charge in [-0.15, -0.1) is 11.8 Å². The lowest BCUT2D eigenvalue weighted by atomic mass is 9.96. The molecule has 6 heteroatoms. The maximum absolute atomic E-state index is 12.0. The number of nitrogens with zero attached hydrogens (tertiary/aromatic N) is 2. The number of esters is 1. The van der Waals surface area contributed by atoms with E-state index < -0.39 is 5.54 Å². The van der Waals surface area contributed by atoms with Gasteiger partial charge in [-0.05, 0) is 27.3 Å². The first-order valence-corrected chi connectivity index (χ1v) is 7.18. The molecule has 2 unspecified atom stereocenters. The number of likely N-dealkylation sites (N-methyl/N-ethyl adjacent to an activating group) is 1. The van der Waals surface area contributed by atoms with Crippen molar-refractivity contribution in [2.24, 2.45) is 0 Å². The van der Waals surface area contributed by atoms with Crippen molar-refractivity contribution in [2.75, 3.05) is 13.7 Å². The number of carbonyl (C=O) groups is 1. The topological polar surface area (TPSA) is 64.1 Å². The Morgan fingerprint density at radius 3 is 2.84 bits per heavy atom. The average Bonchev–Trinajstić information content (AvgIpc) is 2.39. The Labute approximate surface area is 118 Å². The van der Waals surface area contributed by atoms with E-state index in [4.69, 9.17) is 4.74 Å². The fourth-order valence-electron chi connectivity index (χ4n) is 1.75. The van der Waals surface area contributed by atoms with Crippen LogP contribution in [0.3, 0.4) is 0 Å². The van der Waals surface area contributed by atoms with Gasteiger partial charge in [0.2, 0.25) is 0 Å². The number of carbonyl (C=O) groups excluding carboxylic acids is 1. The Kier molecular flexibility index (Phi) is 6.24. The normalized spacial score (nSPS) is 15.6. The molecule has 0 fully saturated rings. The van der Waals surface area contributed by atoms with E-state index in [0.29, 0.717) is 13.0 Å². The molecule has 1 aromatic heterocycles. The first-order chi connectivity index (χ1) is 9.01. The Morgan fingerprint density at radius 2 is 2.32 bits per heavy atom. The second-order valence-corrected chi connectivity index (χ2v) is 5.94. The largest absolute Gasteiger partial charge is 0.465 e. The van der Waals surface area contributed by atoms with Gasteiger partial charge < -0.3 is 10.1 Å². The smallest absolute Gasteiger partial charge is 0.326 e. The number of nitrogens with one attached hydrogen (secondary N) is 1. The fraction of sp³-hybridized carbons (Fsp3) is 0.615. The molecule has 0 aliphatic rings. The molecule has 1 heterocycles. The van der Waals surface area contributed by atoms with E-state index in [0.717, 1.165) is 5.03 Å². The molecule has 0 saturated heterocycles. The lowest BCUT2D eigenvalue weighted by Crippen LogP contribution is -2.50. The maximum atomic E-state index is 12.0. The van der Waals surface area contributed by atoms with Gasteiger partial charge in [0.15, 0.2) is 0 Å². The zero-order chi connectivity index (χ0) is 14.3. The predicted molar refractivity (Wildman–Crippen MR) is 76.1 cm³/mol. The molecule has 1 aromatic rings. The molecule has 0 spiro atoms. The molecule has 0 aromatic carbocycles. The Morgan fingerprint density at radius 1 is 1.58 bits per heavy atom.